The third kappa shape index (κ3) is 2.03. The Morgan fingerprint density at radius 3 is 2.64 bits per heavy atom. The van der Waals surface area contributed by atoms with E-state index in [-0.39, 0.29) is 5.91 Å². The third-order valence-corrected chi connectivity index (χ3v) is 2.08. The smallest absolute Gasteiger partial charge is 0.277 e. The fourth-order valence-electron chi connectivity index (χ4n) is 1.07. The van der Waals surface area contributed by atoms with Gasteiger partial charge in [0.05, 0.1) is 7.11 Å². The van der Waals surface area contributed by atoms with Gasteiger partial charge in [0.1, 0.15) is 0 Å². The molecule has 0 saturated carbocycles. The molecule has 76 valence electrons. The molecule has 1 aromatic carbocycles. The lowest BCUT2D eigenvalue weighted by Crippen LogP contribution is -2.25. The maximum absolute atomic E-state index is 11.6. The molecule has 0 spiro atoms. The van der Waals surface area contributed by atoms with E-state index in [4.69, 9.17) is 10.6 Å². The van der Waals surface area contributed by atoms with E-state index in [1.807, 2.05) is 6.92 Å². The zero-order chi connectivity index (χ0) is 10.7. The Kier molecular flexibility index (Phi) is 3.09. The van der Waals surface area contributed by atoms with E-state index in [2.05, 4.69) is 0 Å². The molecule has 0 unspecified atom stereocenters. The lowest BCUT2D eigenvalue weighted by Gasteiger charge is -2.14. The van der Waals surface area contributed by atoms with E-state index in [9.17, 15) is 4.79 Å². The minimum Gasteiger partial charge on any atom is -0.399 e. The maximum Gasteiger partial charge on any atom is 0.277 e. The Morgan fingerprint density at radius 1 is 1.50 bits per heavy atom. The van der Waals surface area contributed by atoms with E-state index < -0.39 is 0 Å². The topological polar surface area (TPSA) is 55.6 Å². The maximum atomic E-state index is 11.6. The molecule has 1 rings (SSSR count). The molecule has 0 aliphatic carbocycles. The summed E-state index contributed by atoms with van der Waals surface area (Å²) in [5, 5.41) is 1.17. The first-order valence-corrected chi connectivity index (χ1v) is 4.24. The van der Waals surface area contributed by atoms with Crippen molar-refractivity contribution in [2.75, 3.05) is 19.9 Å². The van der Waals surface area contributed by atoms with Gasteiger partial charge in [0, 0.05) is 18.3 Å². The number of amides is 1. The number of carbonyl (C=O) groups excluding carboxylic acids is 1. The lowest BCUT2D eigenvalue weighted by molar-refractivity contribution is -0.0757. The summed E-state index contributed by atoms with van der Waals surface area (Å²) in [6.07, 6.45) is 0. The lowest BCUT2D eigenvalue weighted by atomic mass is 10.1. The van der Waals surface area contributed by atoms with Crippen LogP contribution in [0, 0.1) is 6.92 Å². The SMILES string of the molecule is CON(C)C(=O)c1ccc(N)c(C)c1. The number of hydroxylamine groups is 2. The van der Waals surface area contributed by atoms with Crippen molar-refractivity contribution in [3.8, 4) is 0 Å². The monoisotopic (exact) mass is 194 g/mol. The van der Waals surface area contributed by atoms with Gasteiger partial charge < -0.3 is 5.73 Å². The summed E-state index contributed by atoms with van der Waals surface area (Å²) in [5.41, 5.74) is 7.78. The highest BCUT2D eigenvalue weighted by molar-refractivity contribution is 5.94. The summed E-state index contributed by atoms with van der Waals surface area (Å²) in [6.45, 7) is 1.86. The quantitative estimate of drug-likeness (QED) is 0.568. The molecule has 0 radical (unpaired) electrons. The van der Waals surface area contributed by atoms with Gasteiger partial charge in [-0.1, -0.05) is 0 Å². The molecule has 0 aliphatic heterocycles. The molecule has 0 heterocycles. The van der Waals surface area contributed by atoms with Crippen molar-refractivity contribution in [3.63, 3.8) is 0 Å². The fourth-order valence-corrected chi connectivity index (χ4v) is 1.07. The fraction of sp³-hybridized carbons (Fsp3) is 0.300. The average Bonchev–Trinajstić information content (AvgIpc) is 2.20. The van der Waals surface area contributed by atoms with Crippen LogP contribution in [0.1, 0.15) is 15.9 Å². The Labute approximate surface area is 83.2 Å². The van der Waals surface area contributed by atoms with Crippen molar-refractivity contribution < 1.29 is 9.63 Å². The van der Waals surface area contributed by atoms with Crippen LogP contribution in [-0.2, 0) is 4.84 Å². The third-order valence-electron chi connectivity index (χ3n) is 2.08. The second kappa shape index (κ2) is 4.11. The van der Waals surface area contributed by atoms with Gasteiger partial charge in [-0.3, -0.25) is 9.63 Å². The molecule has 0 aromatic heterocycles. The molecule has 1 aromatic rings. The van der Waals surface area contributed by atoms with Crippen LogP contribution in [0.2, 0.25) is 0 Å². The van der Waals surface area contributed by atoms with Crippen molar-refractivity contribution in [3.05, 3.63) is 29.3 Å². The number of rotatable bonds is 2. The van der Waals surface area contributed by atoms with Gasteiger partial charge in [-0.15, -0.1) is 0 Å². The Bertz CT molecular complexity index is 350. The van der Waals surface area contributed by atoms with E-state index in [0.717, 1.165) is 5.56 Å². The van der Waals surface area contributed by atoms with E-state index >= 15 is 0 Å². The molecule has 0 aliphatic rings. The number of carbonyl (C=O) groups is 1. The molecule has 14 heavy (non-hydrogen) atoms. The first kappa shape index (κ1) is 10.5. The van der Waals surface area contributed by atoms with Gasteiger partial charge in [0.2, 0.25) is 0 Å². The molecule has 0 fully saturated rings. The summed E-state index contributed by atoms with van der Waals surface area (Å²) in [5.74, 6) is -0.185. The highest BCUT2D eigenvalue weighted by atomic mass is 16.7. The van der Waals surface area contributed by atoms with Crippen LogP contribution >= 0.6 is 0 Å². The molecular formula is C10H14N2O2. The van der Waals surface area contributed by atoms with Crippen LogP contribution in [0.25, 0.3) is 0 Å². The van der Waals surface area contributed by atoms with E-state index in [1.54, 1.807) is 25.2 Å². The summed E-state index contributed by atoms with van der Waals surface area (Å²) in [4.78, 5) is 16.4. The number of hydrogen-bond acceptors (Lipinski definition) is 3. The van der Waals surface area contributed by atoms with Crippen LogP contribution in [0.5, 0.6) is 0 Å². The number of nitrogens with zero attached hydrogens (tertiary/aromatic N) is 1. The standard InChI is InChI=1S/C10H14N2O2/c1-7-6-8(4-5-9(7)11)10(13)12(2)14-3/h4-6H,11H2,1-3H3. The largest absolute Gasteiger partial charge is 0.399 e. The Hall–Kier alpha value is -1.55. The van der Waals surface area contributed by atoms with Crippen molar-refractivity contribution in [2.24, 2.45) is 0 Å². The van der Waals surface area contributed by atoms with Crippen LogP contribution in [0.3, 0.4) is 0 Å². The molecule has 4 heteroatoms. The summed E-state index contributed by atoms with van der Waals surface area (Å²) < 4.78 is 0. The van der Waals surface area contributed by atoms with Crippen LogP contribution in [0.15, 0.2) is 18.2 Å². The summed E-state index contributed by atoms with van der Waals surface area (Å²) in [6, 6.07) is 5.14. The van der Waals surface area contributed by atoms with Gasteiger partial charge in [-0.25, -0.2) is 5.06 Å². The number of hydrogen-bond donors (Lipinski definition) is 1. The van der Waals surface area contributed by atoms with Crippen molar-refractivity contribution in [1.82, 2.24) is 5.06 Å². The first-order valence-electron chi connectivity index (χ1n) is 4.24. The Balaban J connectivity index is 2.97. The highest BCUT2D eigenvalue weighted by Crippen LogP contribution is 2.13. The van der Waals surface area contributed by atoms with Gasteiger partial charge in [0.15, 0.2) is 0 Å². The molecule has 0 bridgehead atoms. The number of nitrogens with two attached hydrogens (primary N) is 1. The van der Waals surface area contributed by atoms with E-state index in [1.165, 1.54) is 12.2 Å². The molecule has 2 N–H and O–H groups in total. The van der Waals surface area contributed by atoms with Gasteiger partial charge in [-0.2, -0.15) is 0 Å². The van der Waals surface area contributed by atoms with Gasteiger partial charge in [0.25, 0.3) is 5.91 Å². The normalized spacial score (nSPS) is 9.93. The summed E-state index contributed by atoms with van der Waals surface area (Å²) >= 11 is 0. The second-order valence-electron chi connectivity index (χ2n) is 3.06. The number of aryl methyl sites for hydroxylation is 1. The van der Waals surface area contributed by atoms with Gasteiger partial charge >= 0.3 is 0 Å². The minimum absolute atomic E-state index is 0.185. The molecule has 0 saturated heterocycles. The van der Waals surface area contributed by atoms with Crippen LogP contribution in [-0.4, -0.2) is 25.1 Å². The van der Waals surface area contributed by atoms with Crippen molar-refractivity contribution >= 4 is 11.6 Å². The van der Waals surface area contributed by atoms with Crippen LogP contribution < -0.4 is 5.73 Å². The molecule has 4 nitrogen and oxygen atoms in total. The zero-order valence-electron chi connectivity index (χ0n) is 8.57. The predicted octanol–water partition coefficient (Wildman–Crippen LogP) is 1.21. The number of anilines is 1. The van der Waals surface area contributed by atoms with Crippen LogP contribution in [0.4, 0.5) is 5.69 Å². The molecule has 0 atom stereocenters. The second-order valence-corrected chi connectivity index (χ2v) is 3.06. The van der Waals surface area contributed by atoms with Crippen molar-refractivity contribution in [1.29, 1.82) is 0 Å². The average molecular weight is 194 g/mol. The molecular weight excluding hydrogens is 180 g/mol. The summed E-state index contributed by atoms with van der Waals surface area (Å²) in [7, 11) is 3.01. The number of nitrogen functional groups attached to an aromatic ring is 1. The zero-order valence-corrected chi connectivity index (χ0v) is 8.57. The van der Waals surface area contributed by atoms with Crippen molar-refractivity contribution in [2.45, 2.75) is 6.92 Å². The van der Waals surface area contributed by atoms with Gasteiger partial charge in [-0.05, 0) is 30.7 Å². The highest BCUT2D eigenvalue weighted by Gasteiger charge is 2.11. The minimum atomic E-state index is -0.185. The van der Waals surface area contributed by atoms with E-state index in [0.29, 0.717) is 11.3 Å². The number of benzene rings is 1. The predicted molar refractivity (Wildman–Crippen MR) is 54.7 cm³/mol. The molecule has 1 amide bonds. The Morgan fingerprint density at radius 2 is 2.14 bits per heavy atom. The first-order chi connectivity index (χ1) is 6.56.